The third-order valence-corrected chi connectivity index (χ3v) is 5.16. The van der Waals surface area contributed by atoms with Crippen molar-refractivity contribution in [3.8, 4) is 0 Å². The van der Waals surface area contributed by atoms with Gasteiger partial charge in [0.25, 0.3) is 5.91 Å². The lowest BCUT2D eigenvalue weighted by Crippen LogP contribution is -2.42. The molecular formula is C23H22F3N3O4. The number of esters is 1. The smallest absolute Gasteiger partial charge is 0.416 e. The first kappa shape index (κ1) is 23.8. The van der Waals surface area contributed by atoms with E-state index in [4.69, 9.17) is 4.74 Å². The number of alkyl halides is 3. The molecule has 0 aliphatic rings. The normalized spacial score (nSPS) is 12.3. The number of hydrogen-bond donors (Lipinski definition) is 2. The van der Waals surface area contributed by atoms with Gasteiger partial charge in [0.15, 0.2) is 0 Å². The highest BCUT2D eigenvalue weighted by Gasteiger charge is 2.31. The van der Waals surface area contributed by atoms with Crippen LogP contribution in [-0.2, 0) is 26.9 Å². The fourth-order valence-electron chi connectivity index (χ4n) is 3.56. The molecule has 3 rings (SSSR count). The fourth-order valence-corrected chi connectivity index (χ4v) is 3.56. The number of para-hydroxylation sites is 1. The highest BCUT2D eigenvalue weighted by Crippen LogP contribution is 2.32. The number of carbonyl (C=O) groups is 3. The van der Waals surface area contributed by atoms with Crippen molar-refractivity contribution in [2.24, 2.45) is 0 Å². The Morgan fingerprint density at radius 2 is 1.73 bits per heavy atom. The summed E-state index contributed by atoms with van der Waals surface area (Å²) in [6.07, 6.45) is -4.49. The van der Waals surface area contributed by atoms with E-state index in [1.165, 1.54) is 26.0 Å². The molecule has 7 nitrogen and oxygen atoms in total. The summed E-state index contributed by atoms with van der Waals surface area (Å²) in [6.45, 7) is 1.27. The number of amides is 2. The molecule has 0 saturated heterocycles. The van der Waals surface area contributed by atoms with E-state index in [1.54, 1.807) is 24.3 Å². The van der Waals surface area contributed by atoms with Gasteiger partial charge in [0.05, 0.1) is 12.7 Å². The Balaban J connectivity index is 2.00. The Hall–Kier alpha value is -3.82. The van der Waals surface area contributed by atoms with Gasteiger partial charge in [0.2, 0.25) is 5.91 Å². The molecule has 0 spiro atoms. The van der Waals surface area contributed by atoms with Crippen molar-refractivity contribution >= 4 is 34.5 Å². The molecule has 1 heterocycles. The van der Waals surface area contributed by atoms with Gasteiger partial charge in [-0.1, -0.05) is 18.2 Å². The van der Waals surface area contributed by atoms with Crippen molar-refractivity contribution in [3.05, 3.63) is 65.2 Å². The van der Waals surface area contributed by atoms with Crippen molar-refractivity contribution in [1.82, 2.24) is 10.3 Å². The summed E-state index contributed by atoms with van der Waals surface area (Å²) in [5.74, 6) is -1.29. The number of nitrogens with zero attached hydrogens (tertiary/aromatic N) is 1. The van der Waals surface area contributed by atoms with Crippen molar-refractivity contribution < 1.29 is 32.3 Å². The van der Waals surface area contributed by atoms with E-state index in [2.05, 4.69) is 10.3 Å². The Labute approximate surface area is 187 Å². The molecule has 2 amide bonds. The van der Waals surface area contributed by atoms with Gasteiger partial charge in [0, 0.05) is 42.4 Å². The quantitative estimate of drug-likeness (QED) is 0.548. The molecule has 2 N–H and O–H groups in total. The zero-order chi connectivity index (χ0) is 24.3. The number of hydrogen-bond acceptors (Lipinski definition) is 4. The Kier molecular flexibility index (Phi) is 6.75. The van der Waals surface area contributed by atoms with E-state index < -0.39 is 35.6 Å². The molecule has 1 aromatic heterocycles. The van der Waals surface area contributed by atoms with Crippen LogP contribution in [-0.4, -0.2) is 43.0 Å². The van der Waals surface area contributed by atoms with E-state index in [-0.39, 0.29) is 12.0 Å². The maximum Gasteiger partial charge on any atom is 0.416 e. The second-order valence-electron chi connectivity index (χ2n) is 7.42. The number of fused-ring (bicyclic) bond motifs is 1. The standard InChI is InChI=1S/C23H22F3N3O4/c1-13(30)27-19(22(32)33-3)12-17-16-6-4-5-7-18(16)28-20(17)29(2)21(31)14-8-10-15(11-9-14)23(24,25)26/h4-11,19,28H,12H2,1-3H3,(H,27,30)/t19-/m0/s1. The lowest BCUT2D eigenvalue weighted by molar-refractivity contribution is -0.144. The number of methoxy groups -OCH3 is 1. The first-order valence-electron chi connectivity index (χ1n) is 9.92. The molecule has 2 aromatic carbocycles. The molecule has 0 aliphatic carbocycles. The van der Waals surface area contributed by atoms with E-state index >= 15 is 0 Å². The maximum atomic E-state index is 13.1. The van der Waals surface area contributed by atoms with E-state index in [9.17, 15) is 27.6 Å². The third-order valence-electron chi connectivity index (χ3n) is 5.16. The lowest BCUT2D eigenvalue weighted by atomic mass is 10.0. The van der Waals surface area contributed by atoms with Crippen molar-refractivity contribution in [2.75, 3.05) is 19.1 Å². The van der Waals surface area contributed by atoms with Crippen molar-refractivity contribution in [1.29, 1.82) is 0 Å². The molecule has 0 aliphatic heterocycles. The molecular weight excluding hydrogens is 439 g/mol. The van der Waals surface area contributed by atoms with Crippen LogP contribution in [0.25, 0.3) is 10.9 Å². The van der Waals surface area contributed by atoms with Gasteiger partial charge >= 0.3 is 12.1 Å². The molecule has 10 heteroatoms. The van der Waals surface area contributed by atoms with E-state index in [1.807, 2.05) is 0 Å². The topological polar surface area (TPSA) is 91.5 Å². The predicted octanol–water partition coefficient (Wildman–Crippen LogP) is 3.68. The van der Waals surface area contributed by atoms with Crippen molar-refractivity contribution in [3.63, 3.8) is 0 Å². The molecule has 0 unspecified atom stereocenters. The monoisotopic (exact) mass is 461 g/mol. The fraction of sp³-hybridized carbons (Fsp3) is 0.261. The van der Waals surface area contributed by atoms with Crippen LogP contribution < -0.4 is 10.2 Å². The molecule has 0 saturated carbocycles. The van der Waals surface area contributed by atoms with Gasteiger partial charge in [-0.15, -0.1) is 0 Å². The second-order valence-corrected chi connectivity index (χ2v) is 7.42. The van der Waals surface area contributed by atoms with Crippen LogP contribution in [0.1, 0.15) is 28.4 Å². The number of aromatic nitrogens is 1. The van der Waals surface area contributed by atoms with Gasteiger partial charge in [-0.25, -0.2) is 4.79 Å². The van der Waals surface area contributed by atoms with Crippen LogP contribution in [0.5, 0.6) is 0 Å². The van der Waals surface area contributed by atoms with Gasteiger partial charge in [-0.05, 0) is 30.3 Å². The molecule has 1 atom stereocenters. The summed E-state index contributed by atoms with van der Waals surface area (Å²) in [5, 5.41) is 3.26. The summed E-state index contributed by atoms with van der Waals surface area (Å²) < 4.78 is 43.4. The van der Waals surface area contributed by atoms with E-state index in [0.29, 0.717) is 16.9 Å². The van der Waals surface area contributed by atoms with Gasteiger partial charge in [-0.2, -0.15) is 13.2 Å². The number of aromatic amines is 1. The summed E-state index contributed by atoms with van der Waals surface area (Å²) in [5.41, 5.74) is 0.448. The number of anilines is 1. The van der Waals surface area contributed by atoms with Crippen LogP contribution in [0.4, 0.5) is 19.0 Å². The third kappa shape index (κ3) is 5.16. The van der Waals surface area contributed by atoms with Gasteiger partial charge in [0.1, 0.15) is 11.9 Å². The predicted molar refractivity (Wildman–Crippen MR) is 116 cm³/mol. The number of rotatable bonds is 6. The first-order chi connectivity index (χ1) is 15.5. The number of halogens is 3. The second kappa shape index (κ2) is 9.35. The lowest BCUT2D eigenvalue weighted by Gasteiger charge is -2.21. The minimum atomic E-state index is -4.51. The van der Waals surface area contributed by atoms with Gasteiger partial charge < -0.3 is 15.0 Å². The highest BCUT2D eigenvalue weighted by molar-refractivity contribution is 6.07. The Bertz CT molecular complexity index is 1190. The average Bonchev–Trinajstić information content (AvgIpc) is 3.14. The van der Waals surface area contributed by atoms with Crippen LogP contribution in [0, 0.1) is 0 Å². The largest absolute Gasteiger partial charge is 0.467 e. The Morgan fingerprint density at radius 3 is 2.30 bits per heavy atom. The molecule has 33 heavy (non-hydrogen) atoms. The molecule has 3 aromatic rings. The molecule has 174 valence electrons. The number of H-pyrrole nitrogens is 1. The highest BCUT2D eigenvalue weighted by atomic mass is 19.4. The summed E-state index contributed by atoms with van der Waals surface area (Å²) in [6, 6.07) is 10.1. The van der Waals surface area contributed by atoms with E-state index in [0.717, 1.165) is 29.7 Å². The summed E-state index contributed by atoms with van der Waals surface area (Å²) in [7, 11) is 2.67. The minimum Gasteiger partial charge on any atom is -0.467 e. The zero-order valence-electron chi connectivity index (χ0n) is 18.1. The number of benzene rings is 2. The molecule has 0 bridgehead atoms. The zero-order valence-corrected chi connectivity index (χ0v) is 18.1. The van der Waals surface area contributed by atoms with Crippen LogP contribution in [0.3, 0.4) is 0 Å². The Morgan fingerprint density at radius 1 is 1.09 bits per heavy atom. The molecule has 0 radical (unpaired) electrons. The van der Waals surface area contributed by atoms with Crippen LogP contribution in [0.15, 0.2) is 48.5 Å². The van der Waals surface area contributed by atoms with Crippen LogP contribution >= 0.6 is 0 Å². The van der Waals surface area contributed by atoms with Crippen LogP contribution in [0.2, 0.25) is 0 Å². The van der Waals surface area contributed by atoms with Crippen molar-refractivity contribution in [2.45, 2.75) is 25.6 Å². The maximum absolute atomic E-state index is 13.1. The first-order valence-corrected chi connectivity index (χ1v) is 9.92. The number of ether oxygens (including phenoxy) is 1. The average molecular weight is 461 g/mol. The molecule has 0 fully saturated rings. The van der Waals surface area contributed by atoms with Gasteiger partial charge in [-0.3, -0.25) is 14.5 Å². The SMILES string of the molecule is COC(=O)[C@H](Cc1c(N(C)C(=O)c2ccc(C(F)(F)F)cc2)[nH]c2ccccc12)NC(C)=O. The number of carbonyl (C=O) groups excluding carboxylic acids is 3. The number of nitrogens with one attached hydrogen (secondary N) is 2. The summed E-state index contributed by atoms with van der Waals surface area (Å²) >= 11 is 0. The summed E-state index contributed by atoms with van der Waals surface area (Å²) in [4.78, 5) is 41.3. The minimum absolute atomic E-state index is 0.0240.